The second-order valence-corrected chi connectivity index (χ2v) is 6.44. The number of benzene rings is 1. The van der Waals surface area contributed by atoms with Crippen molar-refractivity contribution in [3.63, 3.8) is 0 Å². The molecule has 4 nitrogen and oxygen atoms in total. The first kappa shape index (κ1) is 13.1. The average molecular weight is 341 g/mol. The Morgan fingerprint density at radius 2 is 2.16 bits per heavy atom. The highest BCUT2D eigenvalue weighted by Crippen LogP contribution is 2.25. The van der Waals surface area contributed by atoms with Crippen molar-refractivity contribution in [1.82, 2.24) is 10.2 Å². The van der Waals surface area contributed by atoms with Crippen LogP contribution in [0.15, 0.2) is 38.4 Å². The fourth-order valence-electron chi connectivity index (χ4n) is 2.15. The molecule has 0 amide bonds. The Hall–Kier alpha value is -0.850. The number of quaternary nitrogens is 1. The minimum absolute atomic E-state index is 0.370. The Bertz CT molecular complexity index is 537. The van der Waals surface area contributed by atoms with Gasteiger partial charge in [-0.2, -0.15) is 0 Å². The summed E-state index contributed by atoms with van der Waals surface area (Å²) in [4.78, 5) is 0. The lowest BCUT2D eigenvalue weighted by Gasteiger charge is -2.00. The van der Waals surface area contributed by atoms with E-state index in [1.165, 1.54) is 12.0 Å². The smallest absolute Gasteiger partial charge is 0.277 e. The Morgan fingerprint density at radius 3 is 2.89 bits per heavy atom. The molecule has 1 saturated heterocycles. The van der Waals surface area contributed by atoms with E-state index in [-0.39, 0.29) is 0 Å². The molecule has 1 aliphatic rings. The van der Waals surface area contributed by atoms with Crippen molar-refractivity contribution in [2.75, 3.05) is 6.54 Å². The predicted molar refractivity (Wildman–Crippen MR) is 76.8 cm³/mol. The minimum Gasteiger partial charge on any atom is -0.410 e. The largest absolute Gasteiger partial charge is 0.410 e. The van der Waals surface area contributed by atoms with E-state index in [0.29, 0.717) is 11.3 Å². The molecule has 3 rings (SSSR count). The fourth-order valence-corrected chi connectivity index (χ4v) is 3.14. The van der Waals surface area contributed by atoms with Crippen LogP contribution in [0, 0.1) is 0 Å². The SMILES string of the molecule is Brc1ccc(CSc2nnc([C@@H]3CCC[NH2+]3)o2)cc1. The van der Waals surface area contributed by atoms with Crippen molar-refractivity contribution >= 4 is 27.7 Å². The number of nitrogens with two attached hydrogens (primary N) is 1. The van der Waals surface area contributed by atoms with Gasteiger partial charge in [-0.25, -0.2) is 0 Å². The van der Waals surface area contributed by atoms with Gasteiger partial charge in [-0.1, -0.05) is 39.8 Å². The lowest BCUT2D eigenvalue weighted by molar-refractivity contribution is -0.678. The average Bonchev–Trinajstić information content (AvgIpc) is 3.09. The molecule has 6 heteroatoms. The molecule has 2 N–H and O–H groups in total. The van der Waals surface area contributed by atoms with Gasteiger partial charge in [0.2, 0.25) is 0 Å². The number of hydrogen-bond acceptors (Lipinski definition) is 4. The van der Waals surface area contributed by atoms with Crippen LogP contribution in [0.4, 0.5) is 0 Å². The summed E-state index contributed by atoms with van der Waals surface area (Å²) in [6.07, 6.45) is 2.37. The number of thioether (sulfide) groups is 1. The molecule has 2 heterocycles. The normalized spacial score (nSPS) is 18.9. The fraction of sp³-hybridized carbons (Fsp3) is 0.385. The molecule has 0 radical (unpaired) electrons. The van der Waals surface area contributed by atoms with Crippen molar-refractivity contribution in [2.24, 2.45) is 0 Å². The van der Waals surface area contributed by atoms with Gasteiger partial charge in [0.15, 0.2) is 6.04 Å². The van der Waals surface area contributed by atoms with Gasteiger partial charge in [0.1, 0.15) is 0 Å². The van der Waals surface area contributed by atoms with Crippen molar-refractivity contribution in [2.45, 2.75) is 29.9 Å². The van der Waals surface area contributed by atoms with Crippen molar-refractivity contribution < 1.29 is 9.73 Å². The Kier molecular flexibility index (Phi) is 4.20. The van der Waals surface area contributed by atoms with E-state index in [9.17, 15) is 0 Å². The van der Waals surface area contributed by atoms with Gasteiger partial charge < -0.3 is 9.73 Å². The lowest BCUT2D eigenvalue weighted by atomic mass is 10.2. The van der Waals surface area contributed by atoms with Gasteiger partial charge in [-0.05, 0) is 17.7 Å². The van der Waals surface area contributed by atoms with Crippen molar-refractivity contribution in [3.05, 3.63) is 40.2 Å². The standard InChI is InChI=1S/C13H14BrN3OS/c14-10-5-3-9(4-6-10)8-19-13-17-16-12(18-13)11-2-1-7-15-11/h3-6,11,15H,1-2,7-8H2/p+1/t11-/m0/s1. The molecule has 1 aliphatic heterocycles. The summed E-state index contributed by atoms with van der Waals surface area (Å²) < 4.78 is 6.81. The zero-order valence-electron chi connectivity index (χ0n) is 10.4. The summed E-state index contributed by atoms with van der Waals surface area (Å²) in [6.45, 7) is 1.16. The Balaban J connectivity index is 1.59. The van der Waals surface area contributed by atoms with E-state index < -0.39 is 0 Å². The molecule has 1 aromatic heterocycles. The number of hydrogen-bond donors (Lipinski definition) is 1. The summed E-state index contributed by atoms with van der Waals surface area (Å²) in [5.41, 5.74) is 1.25. The summed E-state index contributed by atoms with van der Waals surface area (Å²) >= 11 is 5.02. The number of nitrogens with zero attached hydrogens (tertiary/aromatic N) is 2. The maximum absolute atomic E-state index is 5.71. The van der Waals surface area contributed by atoms with E-state index in [0.717, 1.165) is 29.1 Å². The van der Waals surface area contributed by atoms with E-state index in [1.807, 2.05) is 12.1 Å². The lowest BCUT2D eigenvalue weighted by Crippen LogP contribution is -2.81. The van der Waals surface area contributed by atoms with Gasteiger partial charge >= 0.3 is 0 Å². The molecule has 0 saturated carbocycles. The van der Waals surface area contributed by atoms with Gasteiger partial charge in [-0.3, -0.25) is 0 Å². The third-order valence-corrected chi connectivity index (χ3v) is 4.60. The number of rotatable bonds is 4. The summed E-state index contributed by atoms with van der Waals surface area (Å²) in [7, 11) is 0. The first-order valence-corrected chi connectivity index (χ1v) is 8.13. The zero-order valence-corrected chi connectivity index (χ0v) is 12.8. The maximum atomic E-state index is 5.71. The molecule has 0 aliphatic carbocycles. The molecule has 1 atom stereocenters. The Morgan fingerprint density at radius 1 is 1.32 bits per heavy atom. The topological polar surface area (TPSA) is 55.5 Å². The van der Waals surface area contributed by atoms with E-state index in [4.69, 9.17) is 4.42 Å². The molecule has 0 spiro atoms. The quantitative estimate of drug-likeness (QED) is 0.869. The molecular weight excluding hydrogens is 326 g/mol. The molecule has 1 aromatic carbocycles. The molecule has 100 valence electrons. The third kappa shape index (κ3) is 3.38. The van der Waals surface area contributed by atoms with Crippen LogP contribution in [0.1, 0.15) is 30.3 Å². The van der Waals surface area contributed by atoms with Crippen LogP contribution in [0.25, 0.3) is 0 Å². The van der Waals surface area contributed by atoms with Crippen LogP contribution in [0.3, 0.4) is 0 Å². The van der Waals surface area contributed by atoms with Gasteiger partial charge in [0.05, 0.1) is 6.54 Å². The molecule has 19 heavy (non-hydrogen) atoms. The van der Waals surface area contributed by atoms with Crippen LogP contribution < -0.4 is 5.32 Å². The zero-order chi connectivity index (χ0) is 13.1. The van der Waals surface area contributed by atoms with Crippen molar-refractivity contribution in [1.29, 1.82) is 0 Å². The van der Waals surface area contributed by atoms with Crippen LogP contribution >= 0.6 is 27.7 Å². The molecule has 1 fully saturated rings. The molecular formula is C13H15BrN3OS+. The van der Waals surface area contributed by atoms with E-state index in [2.05, 4.69) is 43.6 Å². The van der Waals surface area contributed by atoms with Crippen LogP contribution in [0.5, 0.6) is 0 Å². The van der Waals surface area contributed by atoms with Gasteiger partial charge in [-0.15, -0.1) is 10.2 Å². The Labute approximate surface area is 124 Å². The second kappa shape index (κ2) is 6.07. The highest BCUT2D eigenvalue weighted by atomic mass is 79.9. The summed E-state index contributed by atoms with van der Waals surface area (Å²) in [6, 6.07) is 8.65. The van der Waals surface area contributed by atoms with Crippen LogP contribution in [-0.2, 0) is 5.75 Å². The second-order valence-electron chi connectivity index (χ2n) is 4.59. The van der Waals surface area contributed by atoms with Crippen LogP contribution in [-0.4, -0.2) is 16.7 Å². The summed E-state index contributed by atoms with van der Waals surface area (Å²) in [5.74, 6) is 1.62. The third-order valence-electron chi connectivity index (χ3n) is 3.19. The monoisotopic (exact) mass is 340 g/mol. The summed E-state index contributed by atoms with van der Waals surface area (Å²) in [5, 5.41) is 11.2. The first-order valence-electron chi connectivity index (χ1n) is 6.35. The molecule has 0 unspecified atom stereocenters. The van der Waals surface area contributed by atoms with Crippen molar-refractivity contribution in [3.8, 4) is 0 Å². The molecule has 2 aromatic rings. The van der Waals surface area contributed by atoms with E-state index in [1.54, 1.807) is 11.8 Å². The maximum Gasteiger partial charge on any atom is 0.277 e. The van der Waals surface area contributed by atoms with Gasteiger partial charge in [0, 0.05) is 23.1 Å². The molecule has 0 bridgehead atoms. The highest BCUT2D eigenvalue weighted by molar-refractivity contribution is 9.10. The highest BCUT2D eigenvalue weighted by Gasteiger charge is 2.26. The first-order chi connectivity index (χ1) is 9.31. The number of aromatic nitrogens is 2. The van der Waals surface area contributed by atoms with E-state index >= 15 is 0 Å². The van der Waals surface area contributed by atoms with Gasteiger partial charge in [0.25, 0.3) is 11.1 Å². The predicted octanol–water partition coefficient (Wildman–Crippen LogP) is 2.52. The number of halogens is 1. The minimum atomic E-state index is 0.370. The van der Waals surface area contributed by atoms with Crippen LogP contribution in [0.2, 0.25) is 0 Å².